The normalized spacial score (nSPS) is 8.88. The van der Waals surface area contributed by atoms with E-state index < -0.39 is 7.63 Å². The molecule has 0 N–H and O–H groups in total. The van der Waals surface area contributed by atoms with Gasteiger partial charge in [-0.05, 0) is 13.1 Å². The highest BCUT2D eigenvalue weighted by molar-refractivity contribution is 7.16. The van der Waals surface area contributed by atoms with Crippen molar-refractivity contribution in [2.45, 2.75) is 13.1 Å². The van der Waals surface area contributed by atoms with Crippen LogP contribution in [0.15, 0.2) is 0 Å². The predicted molar refractivity (Wildman–Crippen MR) is 44.7 cm³/mol. The second kappa shape index (κ2) is 6.70. The van der Waals surface area contributed by atoms with E-state index in [1.807, 2.05) is 13.1 Å². The molecule has 0 amide bonds. The molecule has 6 heteroatoms. The minimum absolute atomic E-state index is 0. The van der Waals surface area contributed by atoms with Gasteiger partial charge in [0.2, 0.25) is 0 Å². The molecule has 0 heterocycles. The Bertz CT molecular complexity index is 47.0. The topological polar surface area (TPSA) is 9.23 Å². The summed E-state index contributed by atoms with van der Waals surface area (Å²) in [4.78, 5) is 0. The monoisotopic (exact) mass is 208 g/mol. The lowest BCUT2D eigenvalue weighted by molar-refractivity contribution is 0.637. The highest BCUT2D eigenvalue weighted by atomic mass is 35.6. The van der Waals surface area contributed by atoms with E-state index >= 15 is 0 Å². The SMILES string of the molecule is C[Si](C)(Cl)[O][Al].Cl.Cl. The molecule has 0 aromatic rings. The van der Waals surface area contributed by atoms with Crippen LogP contribution in [0.25, 0.3) is 0 Å². The first-order chi connectivity index (χ1) is 2.56. The summed E-state index contributed by atoms with van der Waals surface area (Å²) in [6, 6.07) is 0. The van der Waals surface area contributed by atoms with E-state index in [4.69, 9.17) is 14.6 Å². The fourth-order valence-corrected chi connectivity index (χ4v) is 0. The van der Waals surface area contributed by atoms with Crippen LogP contribution >= 0.6 is 35.9 Å². The van der Waals surface area contributed by atoms with Gasteiger partial charge in [0, 0.05) is 0 Å². The average Bonchev–Trinajstić information content (AvgIpc) is 1.35. The lowest BCUT2D eigenvalue weighted by Gasteiger charge is -2.10. The van der Waals surface area contributed by atoms with Crippen molar-refractivity contribution in [1.82, 2.24) is 0 Å². The van der Waals surface area contributed by atoms with Crippen LogP contribution in [0.1, 0.15) is 0 Å². The van der Waals surface area contributed by atoms with Gasteiger partial charge in [-0.3, -0.25) is 0 Å². The smallest absolute Gasteiger partial charge is 0.355 e. The molecule has 0 aliphatic rings. The van der Waals surface area contributed by atoms with Crippen LogP contribution in [-0.2, 0) is 3.48 Å². The van der Waals surface area contributed by atoms with E-state index in [9.17, 15) is 0 Å². The molecule has 0 spiro atoms. The van der Waals surface area contributed by atoms with Crippen LogP contribution in [-0.4, -0.2) is 24.3 Å². The van der Waals surface area contributed by atoms with Gasteiger partial charge in [-0.1, -0.05) is 0 Å². The molecule has 0 atom stereocenters. The van der Waals surface area contributed by atoms with Crippen LogP contribution in [0, 0.1) is 0 Å². The Morgan fingerprint density at radius 2 is 1.50 bits per heavy atom. The summed E-state index contributed by atoms with van der Waals surface area (Å²) in [6.45, 7) is 3.81. The maximum absolute atomic E-state index is 5.61. The summed E-state index contributed by atoms with van der Waals surface area (Å²) >= 11 is 7.77. The Labute approximate surface area is 76.5 Å². The molecule has 0 aliphatic heterocycles. The first-order valence-electron chi connectivity index (χ1n) is 1.63. The average molecular weight is 210 g/mol. The minimum atomic E-state index is -1.70. The minimum Gasteiger partial charge on any atom is -0.547 e. The standard InChI is InChI=1S/C2H6ClOSi.Al.2ClH/c1-5(2,3)4;;;/h1-2H3;;2*1H/q-1;+1;;. The molecule has 0 fully saturated rings. The number of hydrogen-bond acceptors (Lipinski definition) is 1. The third-order valence-corrected chi connectivity index (χ3v) is 3.32. The van der Waals surface area contributed by atoms with Crippen LogP contribution in [0.3, 0.4) is 0 Å². The van der Waals surface area contributed by atoms with E-state index in [2.05, 4.69) is 16.6 Å². The van der Waals surface area contributed by atoms with Gasteiger partial charge in [-0.15, -0.1) is 35.9 Å². The third-order valence-electron chi connectivity index (χ3n) is 0.280. The molecule has 0 unspecified atom stereocenters. The second-order valence-corrected chi connectivity index (χ2v) is 7.88. The van der Waals surface area contributed by atoms with Gasteiger partial charge >= 0.3 is 16.6 Å². The fourth-order valence-electron chi connectivity index (χ4n) is 0. The van der Waals surface area contributed by atoms with Crippen LogP contribution < -0.4 is 0 Å². The van der Waals surface area contributed by atoms with E-state index in [0.29, 0.717) is 0 Å². The lowest BCUT2D eigenvalue weighted by atomic mass is 11.9. The maximum Gasteiger partial charge on any atom is 0.355 e. The Balaban J connectivity index is -0.000000125. The van der Waals surface area contributed by atoms with Gasteiger partial charge in [-0.2, -0.15) is 0 Å². The molecular weight excluding hydrogens is 201 g/mol. The van der Waals surface area contributed by atoms with Gasteiger partial charge in [-0.25, -0.2) is 0 Å². The van der Waals surface area contributed by atoms with Crippen molar-refractivity contribution in [1.29, 1.82) is 0 Å². The van der Waals surface area contributed by atoms with Crippen LogP contribution in [0.4, 0.5) is 0 Å². The molecule has 0 saturated carbocycles. The molecule has 8 heavy (non-hydrogen) atoms. The summed E-state index contributed by atoms with van der Waals surface area (Å²) in [5.41, 5.74) is 0. The lowest BCUT2D eigenvalue weighted by Crippen LogP contribution is -2.19. The molecule has 1 nitrogen and oxygen atoms in total. The highest BCUT2D eigenvalue weighted by Crippen LogP contribution is 2.04. The summed E-state index contributed by atoms with van der Waals surface area (Å²) in [5, 5.41) is 0. The number of halogens is 3. The van der Waals surface area contributed by atoms with Gasteiger partial charge in [0.25, 0.3) is 7.63 Å². The van der Waals surface area contributed by atoms with Crippen LogP contribution in [0.5, 0.6) is 0 Å². The van der Waals surface area contributed by atoms with Crippen molar-refractivity contribution in [2.75, 3.05) is 0 Å². The van der Waals surface area contributed by atoms with Gasteiger partial charge in [0.1, 0.15) is 0 Å². The first-order valence-corrected chi connectivity index (χ1v) is 6.02. The maximum atomic E-state index is 5.61. The Morgan fingerprint density at radius 3 is 1.50 bits per heavy atom. The quantitative estimate of drug-likeness (QED) is 0.473. The van der Waals surface area contributed by atoms with Crippen molar-refractivity contribution in [2.24, 2.45) is 0 Å². The molecule has 0 aromatic heterocycles. The second-order valence-electron chi connectivity index (χ2n) is 1.48. The van der Waals surface area contributed by atoms with Crippen LogP contribution in [0.2, 0.25) is 13.1 Å². The number of rotatable bonds is 1. The Hall–Kier alpha value is 1.58. The largest absolute Gasteiger partial charge is 0.547 e. The molecular formula is C2H8AlCl3OSi. The van der Waals surface area contributed by atoms with Crippen molar-refractivity contribution >= 4 is 60.1 Å². The van der Waals surface area contributed by atoms with E-state index in [1.165, 1.54) is 0 Å². The molecule has 0 saturated heterocycles. The van der Waals surface area contributed by atoms with Crippen molar-refractivity contribution in [3.63, 3.8) is 0 Å². The molecule has 0 aromatic carbocycles. The summed E-state index contributed by atoms with van der Waals surface area (Å²) in [5.74, 6) is 0. The molecule has 0 rings (SSSR count). The van der Waals surface area contributed by atoms with Crippen molar-refractivity contribution in [3.05, 3.63) is 0 Å². The third kappa shape index (κ3) is 15.6. The molecule has 0 bridgehead atoms. The van der Waals surface area contributed by atoms with Gasteiger partial charge < -0.3 is 3.48 Å². The Morgan fingerprint density at radius 1 is 1.38 bits per heavy atom. The summed E-state index contributed by atoms with van der Waals surface area (Å²) in [7, 11) is -1.70. The first kappa shape index (κ1) is 16.3. The van der Waals surface area contributed by atoms with Gasteiger partial charge in [0.15, 0.2) is 0 Å². The van der Waals surface area contributed by atoms with E-state index in [1.54, 1.807) is 0 Å². The fraction of sp³-hybridized carbons (Fsp3) is 1.00. The molecule has 0 aliphatic carbocycles. The zero-order valence-electron chi connectivity index (χ0n) is 4.68. The predicted octanol–water partition coefficient (Wildman–Crippen LogP) is 1.87. The van der Waals surface area contributed by atoms with Crippen molar-refractivity contribution in [3.8, 4) is 0 Å². The number of hydrogen-bond donors (Lipinski definition) is 0. The zero-order valence-corrected chi connectivity index (χ0v) is 9.22. The van der Waals surface area contributed by atoms with E-state index in [0.717, 1.165) is 0 Å². The molecule has 2 radical (unpaired) electrons. The highest BCUT2D eigenvalue weighted by Gasteiger charge is 2.11. The summed E-state index contributed by atoms with van der Waals surface area (Å²) < 4.78 is 4.76. The zero-order chi connectivity index (χ0) is 5.21. The van der Waals surface area contributed by atoms with Crippen molar-refractivity contribution < 1.29 is 3.48 Å². The van der Waals surface area contributed by atoms with E-state index in [-0.39, 0.29) is 24.8 Å². The van der Waals surface area contributed by atoms with Gasteiger partial charge in [0.05, 0.1) is 0 Å². The molecule has 50 valence electrons. The Kier molecular flexibility index (Phi) is 13.6. The summed E-state index contributed by atoms with van der Waals surface area (Å²) in [6.07, 6.45) is 0.